The van der Waals surface area contributed by atoms with E-state index in [1.165, 1.54) is 0 Å². The zero-order chi connectivity index (χ0) is 6.78. The second-order valence-corrected chi connectivity index (χ2v) is 3.91. The molecule has 0 aliphatic rings. The first-order valence-electron chi connectivity index (χ1n) is 2.53. The Bertz CT molecular complexity index is 106. The summed E-state index contributed by atoms with van der Waals surface area (Å²) >= 11 is 0. The molecule has 0 radical (unpaired) electrons. The van der Waals surface area contributed by atoms with Crippen LogP contribution in [0, 0.1) is 0 Å². The third kappa shape index (κ3) is 2.46. The Labute approximate surface area is 48.9 Å². The van der Waals surface area contributed by atoms with Crippen LogP contribution in [0.1, 0.15) is 20.3 Å². The number of hydrogen-bond donors (Lipinski definition) is 2. The lowest BCUT2D eigenvalue weighted by molar-refractivity contribution is 0.359. The highest BCUT2D eigenvalue weighted by atomic mass is 31.2. The molecule has 0 amide bonds. The molecule has 0 heterocycles. The fourth-order valence-electron chi connectivity index (χ4n) is 0.238. The summed E-state index contributed by atoms with van der Waals surface area (Å²) in [6.45, 7) is 3.30. The second-order valence-electron chi connectivity index (χ2n) is 1.85. The van der Waals surface area contributed by atoms with Crippen LogP contribution in [0.25, 0.3) is 0 Å². The Morgan fingerprint density at radius 2 is 2.00 bits per heavy atom. The minimum atomic E-state index is -3.76. The average Bonchev–Trinajstić information content (AvgIpc) is 1.62. The SMILES string of the molecule is CC[C@H](C)P(=O)(O)O. The molecule has 0 aliphatic heterocycles. The Hall–Kier alpha value is 0.150. The summed E-state index contributed by atoms with van der Waals surface area (Å²) < 4.78 is 10.3. The fourth-order valence-corrected chi connectivity index (χ4v) is 0.714. The molecule has 0 rings (SSSR count). The summed E-state index contributed by atoms with van der Waals surface area (Å²) in [6, 6.07) is 0. The molecule has 0 bridgehead atoms. The van der Waals surface area contributed by atoms with Gasteiger partial charge in [0.05, 0.1) is 5.66 Å². The van der Waals surface area contributed by atoms with Crippen molar-refractivity contribution in [3.63, 3.8) is 0 Å². The molecule has 0 spiro atoms. The molecular formula is C4H11O3P. The lowest BCUT2D eigenvalue weighted by atomic mass is 10.4. The molecule has 0 fully saturated rings. The van der Waals surface area contributed by atoms with E-state index in [9.17, 15) is 4.57 Å². The van der Waals surface area contributed by atoms with E-state index in [1.807, 2.05) is 0 Å². The summed E-state index contributed by atoms with van der Waals surface area (Å²) in [7, 11) is -3.76. The van der Waals surface area contributed by atoms with Crippen molar-refractivity contribution in [2.75, 3.05) is 0 Å². The lowest BCUT2D eigenvalue weighted by Crippen LogP contribution is -1.99. The van der Waals surface area contributed by atoms with Crippen LogP contribution in [0.3, 0.4) is 0 Å². The molecule has 1 atom stereocenters. The van der Waals surface area contributed by atoms with Gasteiger partial charge in [-0.2, -0.15) is 0 Å². The Kier molecular flexibility index (Phi) is 2.67. The Balaban J connectivity index is 3.82. The third-order valence-corrected chi connectivity index (χ3v) is 2.68. The highest BCUT2D eigenvalue weighted by molar-refractivity contribution is 7.52. The van der Waals surface area contributed by atoms with Gasteiger partial charge in [0.2, 0.25) is 0 Å². The van der Waals surface area contributed by atoms with Crippen molar-refractivity contribution < 1.29 is 14.4 Å². The molecule has 50 valence electrons. The van der Waals surface area contributed by atoms with Gasteiger partial charge in [-0.15, -0.1) is 0 Å². The van der Waals surface area contributed by atoms with Crippen LogP contribution < -0.4 is 0 Å². The molecule has 4 heteroatoms. The van der Waals surface area contributed by atoms with Gasteiger partial charge in [-0.05, 0) is 6.42 Å². The van der Waals surface area contributed by atoms with Crippen molar-refractivity contribution in [1.29, 1.82) is 0 Å². The molecule has 0 aromatic carbocycles. The summed E-state index contributed by atoms with van der Waals surface area (Å²) in [5.41, 5.74) is -0.484. The van der Waals surface area contributed by atoms with E-state index in [0.29, 0.717) is 6.42 Å². The van der Waals surface area contributed by atoms with Crippen molar-refractivity contribution >= 4 is 7.60 Å². The van der Waals surface area contributed by atoms with Gasteiger partial charge in [-0.25, -0.2) is 0 Å². The summed E-state index contributed by atoms with van der Waals surface area (Å²) in [6.07, 6.45) is 0.532. The molecule has 2 N–H and O–H groups in total. The van der Waals surface area contributed by atoms with Gasteiger partial charge in [0.15, 0.2) is 0 Å². The van der Waals surface area contributed by atoms with Gasteiger partial charge in [-0.1, -0.05) is 13.8 Å². The Morgan fingerprint density at radius 3 is 2.00 bits per heavy atom. The van der Waals surface area contributed by atoms with Gasteiger partial charge in [0.1, 0.15) is 0 Å². The molecular weight excluding hydrogens is 127 g/mol. The topological polar surface area (TPSA) is 57.5 Å². The summed E-state index contributed by atoms with van der Waals surface area (Å²) in [5.74, 6) is 0. The van der Waals surface area contributed by atoms with Crippen LogP contribution in [0.4, 0.5) is 0 Å². The largest absolute Gasteiger partial charge is 0.328 e. The highest BCUT2D eigenvalue weighted by Crippen LogP contribution is 2.42. The summed E-state index contributed by atoms with van der Waals surface area (Å²) in [4.78, 5) is 16.8. The first kappa shape index (κ1) is 8.15. The van der Waals surface area contributed by atoms with E-state index in [4.69, 9.17) is 9.79 Å². The molecule has 0 aromatic heterocycles. The highest BCUT2D eigenvalue weighted by Gasteiger charge is 2.20. The van der Waals surface area contributed by atoms with Crippen molar-refractivity contribution in [3.8, 4) is 0 Å². The van der Waals surface area contributed by atoms with Gasteiger partial charge in [0.25, 0.3) is 0 Å². The zero-order valence-electron chi connectivity index (χ0n) is 5.03. The van der Waals surface area contributed by atoms with Crippen LogP contribution >= 0.6 is 7.60 Å². The van der Waals surface area contributed by atoms with E-state index in [1.54, 1.807) is 13.8 Å². The van der Waals surface area contributed by atoms with Crippen LogP contribution in [-0.2, 0) is 4.57 Å². The predicted octanol–water partition coefficient (Wildman–Crippen LogP) is 0.963. The van der Waals surface area contributed by atoms with Crippen LogP contribution in [-0.4, -0.2) is 15.4 Å². The van der Waals surface area contributed by atoms with Gasteiger partial charge < -0.3 is 9.79 Å². The van der Waals surface area contributed by atoms with E-state index in [-0.39, 0.29) is 0 Å². The van der Waals surface area contributed by atoms with Gasteiger partial charge in [-0.3, -0.25) is 4.57 Å². The van der Waals surface area contributed by atoms with Gasteiger partial charge >= 0.3 is 7.60 Å². The molecule has 0 unspecified atom stereocenters. The van der Waals surface area contributed by atoms with E-state index >= 15 is 0 Å². The molecule has 0 saturated heterocycles. The average molecular weight is 138 g/mol. The molecule has 0 saturated carbocycles. The van der Waals surface area contributed by atoms with E-state index in [2.05, 4.69) is 0 Å². The second kappa shape index (κ2) is 2.62. The normalized spacial score (nSPS) is 16.0. The molecule has 3 nitrogen and oxygen atoms in total. The molecule has 0 aliphatic carbocycles. The van der Waals surface area contributed by atoms with E-state index < -0.39 is 13.3 Å². The smallest absolute Gasteiger partial charge is 0.324 e. The molecule has 0 aromatic rings. The standard InChI is InChI=1S/C4H11O3P/c1-3-4(2)8(5,6)7/h4H,3H2,1-2H3,(H2,5,6,7)/t4-/m0/s1. The van der Waals surface area contributed by atoms with E-state index in [0.717, 1.165) is 0 Å². The maximum Gasteiger partial charge on any atom is 0.328 e. The van der Waals surface area contributed by atoms with Gasteiger partial charge in [0, 0.05) is 0 Å². The zero-order valence-corrected chi connectivity index (χ0v) is 5.93. The predicted molar refractivity (Wildman–Crippen MR) is 31.8 cm³/mol. The third-order valence-electron chi connectivity index (χ3n) is 1.17. The minimum Gasteiger partial charge on any atom is -0.324 e. The quantitative estimate of drug-likeness (QED) is 0.559. The first-order valence-corrected chi connectivity index (χ1v) is 4.22. The number of rotatable bonds is 2. The number of hydrogen-bond acceptors (Lipinski definition) is 1. The monoisotopic (exact) mass is 138 g/mol. The maximum atomic E-state index is 10.3. The summed E-state index contributed by atoms with van der Waals surface area (Å²) in [5, 5.41) is 0. The first-order chi connectivity index (χ1) is 3.48. The van der Waals surface area contributed by atoms with Crippen molar-refractivity contribution in [1.82, 2.24) is 0 Å². The fraction of sp³-hybridized carbons (Fsp3) is 1.00. The van der Waals surface area contributed by atoms with Crippen molar-refractivity contribution in [3.05, 3.63) is 0 Å². The lowest BCUT2D eigenvalue weighted by Gasteiger charge is -2.08. The van der Waals surface area contributed by atoms with Crippen molar-refractivity contribution in [2.24, 2.45) is 0 Å². The van der Waals surface area contributed by atoms with Crippen molar-refractivity contribution in [2.45, 2.75) is 25.9 Å². The maximum absolute atomic E-state index is 10.3. The van der Waals surface area contributed by atoms with Crippen LogP contribution in [0.2, 0.25) is 0 Å². The minimum absolute atomic E-state index is 0.484. The molecule has 8 heavy (non-hydrogen) atoms. The Morgan fingerprint density at radius 1 is 1.62 bits per heavy atom. The van der Waals surface area contributed by atoms with Crippen LogP contribution in [0.5, 0.6) is 0 Å². The van der Waals surface area contributed by atoms with Crippen LogP contribution in [0.15, 0.2) is 0 Å².